The van der Waals surface area contributed by atoms with Crippen molar-refractivity contribution >= 4 is 11.8 Å². The molecule has 1 aromatic rings. The van der Waals surface area contributed by atoms with E-state index < -0.39 is 0 Å². The highest BCUT2D eigenvalue weighted by molar-refractivity contribution is 7.98. The Morgan fingerprint density at radius 3 is 2.80 bits per heavy atom. The molecular formula is C12H17NOS. The van der Waals surface area contributed by atoms with Gasteiger partial charge in [-0.25, -0.2) is 0 Å². The average molecular weight is 223 g/mol. The molecule has 0 unspecified atom stereocenters. The van der Waals surface area contributed by atoms with E-state index in [9.17, 15) is 5.11 Å². The third kappa shape index (κ3) is 1.92. The summed E-state index contributed by atoms with van der Waals surface area (Å²) >= 11 is 1.74. The van der Waals surface area contributed by atoms with Crippen LogP contribution in [0.1, 0.15) is 18.4 Å². The molecule has 82 valence electrons. The van der Waals surface area contributed by atoms with Crippen molar-refractivity contribution in [3.63, 3.8) is 0 Å². The van der Waals surface area contributed by atoms with Gasteiger partial charge in [0.2, 0.25) is 0 Å². The number of benzene rings is 1. The van der Waals surface area contributed by atoms with Crippen LogP contribution in [0, 0.1) is 0 Å². The summed E-state index contributed by atoms with van der Waals surface area (Å²) in [6.07, 6.45) is 3.53. The zero-order valence-electron chi connectivity index (χ0n) is 8.94. The highest BCUT2D eigenvalue weighted by atomic mass is 32.2. The van der Waals surface area contributed by atoms with Crippen molar-refractivity contribution in [2.75, 3.05) is 12.8 Å². The molecule has 1 fully saturated rings. The summed E-state index contributed by atoms with van der Waals surface area (Å²) in [4.78, 5) is 1.27. The summed E-state index contributed by atoms with van der Waals surface area (Å²) in [5.41, 5.74) is 7.15. The maximum absolute atomic E-state index is 9.44. The monoisotopic (exact) mass is 223 g/mol. The van der Waals surface area contributed by atoms with Crippen molar-refractivity contribution in [2.24, 2.45) is 5.73 Å². The van der Waals surface area contributed by atoms with Crippen molar-refractivity contribution in [2.45, 2.75) is 29.3 Å². The molecule has 0 spiro atoms. The quantitative estimate of drug-likeness (QED) is 0.768. The second kappa shape index (κ2) is 4.16. The highest BCUT2D eigenvalue weighted by Gasteiger charge is 2.43. The molecule has 2 rings (SSSR count). The lowest BCUT2D eigenvalue weighted by atomic mass is 9.63. The van der Waals surface area contributed by atoms with E-state index in [4.69, 9.17) is 5.73 Å². The fourth-order valence-corrected chi connectivity index (χ4v) is 2.77. The third-order valence-corrected chi connectivity index (χ3v) is 4.05. The van der Waals surface area contributed by atoms with E-state index in [2.05, 4.69) is 30.5 Å². The number of thioether (sulfide) groups is 1. The molecule has 15 heavy (non-hydrogen) atoms. The molecule has 0 aromatic heterocycles. The van der Waals surface area contributed by atoms with Gasteiger partial charge in [-0.3, -0.25) is 0 Å². The summed E-state index contributed by atoms with van der Waals surface area (Å²) in [7, 11) is 0. The molecule has 0 amide bonds. The Bertz CT molecular complexity index is 347. The maximum atomic E-state index is 9.44. The molecule has 0 atom stereocenters. The summed E-state index contributed by atoms with van der Waals surface area (Å²) in [6, 6.07) is 8.50. The van der Waals surface area contributed by atoms with Crippen LogP contribution in [0.4, 0.5) is 0 Å². The summed E-state index contributed by atoms with van der Waals surface area (Å²) < 4.78 is 0. The Morgan fingerprint density at radius 1 is 1.53 bits per heavy atom. The molecule has 3 heteroatoms. The van der Waals surface area contributed by atoms with E-state index in [-0.39, 0.29) is 11.5 Å². The van der Waals surface area contributed by atoms with Crippen LogP contribution in [0.3, 0.4) is 0 Å². The molecular weight excluding hydrogens is 206 g/mol. The van der Waals surface area contributed by atoms with Crippen molar-refractivity contribution in [1.29, 1.82) is 0 Å². The van der Waals surface area contributed by atoms with Crippen molar-refractivity contribution < 1.29 is 5.11 Å². The average Bonchev–Trinajstić information content (AvgIpc) is 2.24. The van der Waals surface area contributed by atoms with Crippen molar-refractivity contribution in [3.8, 4) is 0 Å². The van der Waals surface area contributed by atoms with Gasteiger partial charge in [0.25, 0.3) is 0 Å². The van der Waals surface area contributed by atoms with E-state index in [0.29, 0.717) is 6.54 Å². The summed E-state index contributed by atoms with van der Waals surface area (Å²) in [5.74, 6) is 0. The van der Waals surface area contributed by atoms with Gasteiger partial charge in [-0.1, -0.05) is 12.1 Å². The zero-order valence-corrected chi connectivity index (χ0v) is 9.76. The van der Waals surface area contributed by atoms with Gasteiger partial charge in [0.1, 0.15) is 0 Å². The number of hydrogen-bond donors (Lipinski definition) is 2. The molecule has 0 heterocycles. The van der Waals surface area contributed by atoms with E-state index in [1.165, 1.54) is 10.5 Å². The van der Waals surface area contributed by atoms with Gasteiger partial charge in [-0.15, -0.1) is 11.8 Å². The fourth-order valence-electron chi connectivity index (χ4n) is 2.32. The minimum absolute atomic E-state index is 0.0329. The Balaban J connectivity index is 2.27. The molecule has 0 bridgehead atoms. The summed E-state index contributed by atoms with van der Waals surface area (Å²) in [5, 5.41) is 9.44. The smallest absolute Gasteiger partial charge is 0.0558 e. The molecule has 1 saturated carbocycles. The lowest BCUT2D eigenvalue weighted by Gasteiger charge is -2.45. The van der Waals surface area contributed by atoms with Gasteiger partial charge in [0.15, 0.2) is 0 Å². The van der Waals surface area contributed by atoms with Crippen LogP contribution >= 0.6 is 11.8 Å². The van der Waals surface area contributed by atoms with Gasteiger partial charge in [0, 0.05) is 16.9 Å². The number of hydrogen-bond acceptors (Lipinski definition) is 3. The van der Waals surface area contributed by atoms with Gasteiger partial charge in [-0.2, -0.15) is 0 Å². The first kappa shape index (κ1) is 11.0. The summed E-state index contributed by atoms with van der Waals surface area (Å²) in [6.45, 7) is 0.627. The van der Waals surface area contributed by atoms with Crippen LogP contribution in [0.5, 0.6) is 0 Å². The van der Waals surface area contributed by atoms with E-state index in [0.717, 1.165) is 12.8 Å². The molecule has 3 N–H and O–H groups in total. The minimum Gasteiger partial charge on any atom is -0.393 e. The predicted octanol–water partition coefficient (Wildman–Crippen LogP) is 1.76. The van der Waals surface area contributed by atoms with E-state index >= 15 is 0 Å². The third-order valence-electron chi connectivity index (χ3n) is 3.33. The van der Waals surface area contributed by atoms with Crippen molar-refractivity contribution in [3.05, 3.63) is 29.8 Å². The van der Waals surface area contributed by atoms with Crippen LogP contribution in [-0.4, -0.2) is 24.0 Å². The first-order chi connectivity index (χ1) is 7.20. The Labute approximate surface area is 94.9 Å². The molecule has 1 aliphatic rings. The normalized spacial score (nSPS) is 29.9. The zero-order chi connectivity index (χ0) is 10.9. The van der Waals surface area contributed by atoms with Crippen LogP contribution in [0.25, 0.3) is 0 Å². The largest absolute Gasteiger partial charge is 0.393 e. The van der Waals surface area contributed by atoms with Gasteiger partial charge >= 0.3 is 0 Å². The second-order valence-electron chi connectivity index (χ2n) is 4.28. The molecule has 1 aromatic carbocycles. The first-order valence-electron chi connectivity index (χ1n) is 5.23. The molecule has 0 aliphatic heterocycles. The van der Waals surface area contributed by atoms with Crippen LogP contribution in [0.2, 0.25) is 0 Å². The molecule has 2 nitrogen and oxygen atoms in total. The lowest BCUT2D eigenvalue weighted by molar-refractivity contribution is 0.0221. The van der Waals surface area contributed by atoms with Gasteiger partial charge < -0.3 is 10.8 Å². The molecule has 1 aliphatic carbocycles. The van der Waals surface area contributed by atoms with Crippen LogP contribution in [0.15, 0.2) is 29.2 Å². The Hall–Kier alpha value is -0.510. The van der Waals surface area contributed by atoms with E-state index in [1.54, 1.807) is 11.8 Å². The highest BCUT2D eigenvalue weighted by Crippen LogP contribution is 2.43. The van der Waals surface area contributed by atoms with E-state index in [1.807, 2.05) is 0 Å². The predicted molar refractivity (Wildman–Crippen MR) is 64.2 cm³/mol. The number of aliphatic hydroxyl groups is 1. The maximum Gasteiger partial charge on any atom is 0.0558 e. The van der Waals surface area contributed by atoms with Crippen LogP contribution < -0.4 is 5.73 Å². The fraction of sp³-hybridized carbons (Fsp3) is 0.500. The van der Waals surface area contributed by atoms with Gasteiger partial charge in [0.05, 0.1) is 6.10 Å². The first-order valence-corrected chi connectivity index (χ1v) is 6.45. The Kier molecular flexibility index (Phi) is 3.05. The molecule has 0 radical (unpaired) electrons. The molecule has 0 saturated heterocycles. The number of nitrogens with two attached hydrogens (primary N) is 1. The SMILES string of the molecule is CSc1cccc(C2(CN)CC(O)C2)c1. The van der Waals surface area contributed by atoms with Gasteiger partial charge in [-0.05, 0) is 36.8 Å². The van der Waals surface area contributed by atoms with Crippen molar-refractivity contribution in [1.82, 2.24) is 0 Å². The Morgan fingerprint density at radius 2 is 2.27 bits per heavy atom. The second-order valence-corrected chi connectivity index (χ2v) is 5.16. The standard InChI is InChI=1S/C12H17NOS/c1-15-11-4-2-3-9(5-11)12(8-13)6-10(14)7-12/h2-5,10,14H,6-8,13H2,1H3. The number of aliphatic hydroxyl groups excluding tert-OH is 1. The lowest BCUT2D eigenvalue weighted by Crippen LogP contribution is -2.49. The minimum atomic E-state index is -0.161. The number of rotatable bonds is 3. The topological polar surface area (TPSA) is 46.2 Å². The van der Waals surface area contributed by atoms with Crippen LogP contribution in [-0.2, 0) is 5.41 Å².